The van der Waals surface area contributed by atoms with Crippen molar-refractivity contribution in [1.82, 2.24) is 9.29 Å². The molecule has 1 aliphatic heterocycles. The zero-order valence-corrected chi connectivity index (χ0v) is 15.5. The van der Waals surface area contributed by atoms with E-state index in [4.69, 9.17) is 0 Å². The largest absolute Gasteiger partial charge is 0.356 e. The molecule has 7 heteroatoms. The zero-order chi connectivity index (χ0) is 16.7. The summed E-state index contributed by atoms with van der Waals surface area (Å²) in [5.74, 6) is 1.52. The number of piperidine rings is 1. The predicted octanol–water partition coefficient (Wildman–Crippen LogP) is 2.94. The Hall–Kier alpha value is -1.18. The molecule has 0 radical (unpaired) electrons. The van der Waals surface area contributed by atoms with Crippen LogP contribution in [0.2, 0.25) is 0 Å². The molecule has 0 aromatic carbocycles. The van der Waals surface area contributed by atoms with Crippen LogP contribution in [0, 0.1) is 5.92 Å². The van der Waals surface area contributed by atoms with Crippen LogP contribution in [0.5, 0.6) is 0 Å². The third-order valence-electron chi connectivity index (χ3n) is 5.17. The number of sulfonamides is 1. The van der Waals surface area contributed by atoms with Gasteiger partial charge in [-0.05, 0) is 49.1 Å². The van der Waals surface area contributed by atoms with Gasteiger partial charge in [-0.15, -0.1) is 11.3 Å². The Morgan fingerprint density at radius 2 is 2.00 bits per heavy atom. The Balaban J connectivity index is 1.39. The van der Waals surface area contributed by atoms with Crippen molar-refractivity contribution in [3.05, 3.63) is 23.7 Å². The molecule has 1 saturated carbocycles. The minimum atomic E-state index is -3.04. The van der Waals surface area contributed by atoms with Crippen LogP contribution in [0.25, 0.3) is 10.1 Å². The first-order valence-electron chi connectivity index (χ1n) is 8.58. The number of hydrogen-bond acceptors (Lipinski definition) is 5. The molecule has 2 aromatic rings. The summed E-state index contributed by atoms with van der Waals surface area (Å²) in [7, 11) is -1.30. The fraction of sp³-hybridized carbons (Fsp3) is 0.588. The monoisotopic (exact) mass is 365 g/mol. The second kappa shape index (κ2) is 6.28. The van der Waals surface area contributed by atoms with Crippen molar-refractivity contribution in [3.8, 4) is 0 Å². The number of pyridine rings is 1. The Bertz CT molecular complexity index is 821. The summed E-state index contributed by atoms with van der Waals surface area (Å²) < 4.78 is 27.4. The van der Waals surface area contributed by atoms with Gasteiger partial charge in [-0.1, -0.05) is 0 Å². The Kier molecular flexibility index (Phi) is 4.26. The highest BCUT2D eigenvalue weighted by molar-refractivity contribution is 7.90. The van der Waals surface area contributed by atoms with Crippen LogP contribution in [-0.4, -0.2) is 49.6 Å². The molecule has 24 heavy (non-hydrogen) atoms. The van der Waals surface area contributed by atoms with Gasteiger partial charge in [-0.25, -0.2) is 17.7 Å². The molecule has 5 nitrogen and oxygen atoms in total. The molecule has 0 atom stereocenters. The van der Waals surface area contributed by atoms with E-state index in [-0.39, 0.29) is 5.25 Å². The van der Waals surface area contributed by atoms with Crippen molar-refractivity contribution in [2.24, 2.45) is 5.92 Å². The van der Waals surface area contributed by atoms with Gasteiger partial charge in [0.25, 0.3) is 0 Å². The van der Waals surface area contributed by atoms with E-state index >= 15 is 0 Å². The lowest BCUT2D eigenvalue weighted by Gasteiger charge is -2.34. The number of hydrogen-bond donors (Lipinski definition) is 0. The maximum atomic E-state index is 12.3. The summed E-state index contributed by atoms with van der Waals surface area (Å²) in [5.41, 5.74) is 0. The maximum absolute atomic E-state index is 12.3. The van der Waals surface area contributed by atoms with Gasteiger partial charge in [0.2, 0.25) is 10.0 Å². The summed E-state index contributed by atoms with van der Waals surface area (Å²) in [6, 6.07) is 4.21. The van der Waals surface area contributed by atoms with E-state index in [1.165, 1.54) is 10.1 Å². The van der Waals surface area contributed by atoms with Crippen LogP contribution in [-0.2, 0) is 10.0 Å². The number of fused-ring (bicyclic) bond motifs is 1. The molecule has 3 heterocycles. The molecule has 0 bridgehead atoms. The van der Waals surface area contributed by atoms with Crippen LogP contribution in [0.4, 0.5) is 5.82 Å². The normalized spacial score (nSPS) is 20.2. The second-order valence-electron chi connectivity index (χ2n) is 6.92. The van der Waals surface area contributed by atoms with Crippen molar-refractivity contribution in [1.29, 1.82) is 0 Å². The van der Waals surface area contributed by atoms with Gasteiger partial charge in [-0.3, -0.25) is 0 Å². The first kappa shape index (κ1) is 16.3. The van der Waals surface area contributed by atoms with Crippen molar-refractivity contribution < 1.29 is 8.42 Å². The zero-order valence-electron chi connectivity index (χ0n) is 13.9. The molecule has 1 aliphatic carbocycles. The number of nitrogens with zero attached hydrogens (tertiary/aromatic N) is 3. The maximum Gasteiger partial charge on any atom is 0.216 e. The average molecular weight is 366 g/mol. The van der Waals surface area contributed by atoms with E-state index in [0.29, 0.717) is 12.5 Å². The van der Waals surface area contributed by atoms with E-state index in [2.05, 4.69) is 27.4 Å². The topological polar surface area (TPSA) is 53.5 Å². The third-order valence-corrected chi connectivity index (χ3v) is 8.38. The van der Waals surface area contributed by atoms with Gasteiger partial charge < -0.3 is 4.90 Å². The molecule has 2 aliphatic rings. The molecule has 0 amide bonds. The summed E-state index contributed by atoms with van der Waals surface area (Å²) in [4.78, 5) is 6.93. The molecule has 0 spiro atoms. The standard InChI is InChI=1S/C17H23N3O2S2/c1-19(24(21,22)14-2-3-14)12-13-5-9-20(10-6-13)17-15-7-11-23-16(15)4-8-18-17/h4,7-8,11,13-14H,2-3,5-6,9-10,12H2,1H3. The Morgan fingerprint density at radius 1 is 1.25 bits per heavy atom. The minimum absolute atomic E-state index is 0.108. The van der Waals surface area contributed by atoms with Crippen LogP contribution in [0.1, 0.15) is 25.7 Å². The second-order valence-corrected chi connectivity index (χ2v) is 10.2. The minimum Gasteiger partial charge on any atom is -0.356 e. The molecule has 0 N–H and O–H groups in total. The average Bonchev–Trinajstić information content (AvgIpc) is 3.34. The van der Waals surface area contributed by atoms with Gasteiger partial charge >= 0.3 is 0 Å². The molecule has 1 saturated heterocycles. The van der Waals surface area contributed by atoms with Crippen LogP contribution in [0.15, 0.2) is 23.7 Å². The SMILES string of the molecule is CN(CC1CCN(c2nccc3sccc23)CC1)S(=O)(=O)C1CC1. The molecular weight excluding hydrogens is 342 g/mol. The lowest BCUT2D eigenvalue weighted by atomic mass is 9.96. The summed E-state index contributed by atoms with van der Waals surface area (Å²) in [6.45, 7) is 2.55. The number of anilines is 1. The van der Waals surface area contributed by atoms with Crippen molar-refractivity contribution in [2.75, 3.05) is 31.6 Å². The molecule has 0 unspecified atom stereocenters. The quantitative estimate of drug-likeness (QED) is 0.817. The van der Waals surface area contributed by atoms with Gasteiger partial charge in [0.1, 0.15) is 5.82 Å². The van der Waals surface area contributed by atoms with E-state index in [0.717, 1.165) is 44.6 Å². The molecule has 2 fully saturated rings. The van der Waals surface area contributed by atoms with E-state index in [1.807, 2.05) is 6.20 Å². The van der Waals surface area contributed by atoms with E-state index in [9.17, 15) is 8.42 Å². The lowest BCUT2D eigenvalue weighted by Crippen LogP contribution is -2.40. The number of rotatable bonds is 5. The molecular formula is C17H23N3O2S2. The predicted molar refractivity (Wildman–Crippen MR) is 99.1 cm³/mol. The molecule has 4 rings (SSSR count). The van der Waals surface area contributed by atoms with E-state index in [1.54, 1.807) is 22.7 Å². The molecule has 130 valence electrons. The highest BCUT2D eigenvalue weighted by Gasteiger charge is 2.39. The van der Waals surface area contributed by atoms with E-state index < -0.39 is 10.0 Å². The third kappa shape index (κ3) is 3.05. The Labute approximate surface area is 147 Å². The van der Waals surface area contributed by atoms with Gasteiger partial charge in [-0.2, -0.15) is 0 Å². The van der Waals surface area contributed by atoms with Crippen LogP contribution < -0.4 is 4.90 Å². The number of thiophene rings is 1. The van der Waals surface area contributed by atoms with Crippen molar-refractivity contribution in [2.45, 2.75) is 30.9 Å². The smallest absolute Gasteiger partial charge is 0.216 e. The summed E-state index contributed by atoms with van der Waals surface area (Å²) >= 11 is 1.75. The van der Waals surface area contributed by atoms with Gasteiger partial charge in [0.15, 0.2) is 0 Å². The Morgan fingerprint density at radius 3 is 2.71 bits per heavy atom. The molecule has 2 aromatic heterocycles. The summed E-state index contributed by atoms with van der Waals surface area (Å²) in [6.07, 6.45) is 5.60. The van der Waals surface area contributed by atoms with Crippen LogP contribution in [0.3, 0.4) is 0 Å². The van der Waals surface area contributed by atoms with Gasteiger partial charge in [0.05, 0.1) is 5.25 Å². The van der Waals surface area contributed by atoms with Gasteiger partial charge in [0, 0.05) is 43.0 Å². The highest BCUT2D eigenvalue weighted by Crippen LogP contribution is 2.33. The van der Waals surface area contributed by atoms with Crippen molar-refractivity contribution in [3.63, 3.8) is 0 Å². The summed E-state index contributed by atoms with van der Waals surface area (Å²) in [5, 5.41) is 3.23. The lowest BCUT2D eigenvalue weighted by molar-refractivity contribution is 0.327. The highest BCUT2D eigenvalue weighted by atomic mass is 32.2. The van der Waals surface area contributed by atoms with Crippen molar-refractivity contribution >= 4 is 37.3 Å². The van der Waals surface area contributed by atoms with Crippen LogP contribution >= 0.6 is 11.3 Å². The fourth-order valence-electron chi connectivity index (χ4n) is 3.55. The number of aromatic nitrogens is 1. The first-order chi connectivity index (χ1) is 11.6. The first-order valence-corrected chi connectivity index (χ1v) is 11.0. The fourth-order valence-corrected chi connectivity index (χ4v) is 5.98.